The van der Waals surface area contributed by atoms with Crippen LogP contribution < -0.4 is 0 Å². The van der Waals surface area contributed by atoms with Gasteiger partial charge in [-0.15, -0.1) is 12.4 Å². The number of hydrogen-bond donors (Lipinski definition) is 1. The van der Waals surface area contributed by atoms with Crippen molar-refractivity contribution in [3.8, 4) is 0 Å². The van der Waals surface area contributed by atoms with Gasteiger partial charge in [-0.2, -0.15) is 0 Å². The molecule has 2 rings (SSSR count). The number of nitrogens with zero attached hydrogens (tertiary/aromatic N) is 2. The number of rotatable bonds is 4. The average Bonchev–Trinajstić information content (AvgIpc) is 2.46. The summed E-state index contributed by atoms with van der Waals surface area (Å²) in [5.74, 6) is -0.656. The Morgan fingerprint density at radius 2 is 1.85 bits per heavy atom. The fourth-order valence-electron chi connectivity index (χ4n) is 2.75. The lowest BCUT2D eigenvalue weighted by molar-refractivity contribution is -0.145. The number of carbonyl (C=O) groups excluding carboxylic acids is 1. The van der Waals surface area contributed by atoms with E-state index in [1.54, 1.807) is 0 Å². The van der Waals surface area contributed by atoms with Crippen molar-refractivity contribution in [2.75, 3.05) is 39.4 Å². The predicted octanol–water partition coefficient (Wildman–Crippen LogP) is 0.596. The zero-order valence-corrected chi connectivity index (χ0v) is 12.4. The fraction of sp³-hybridized carbons (Fsp3) is 0.846. The van der Waals surface area contributed by atoms with Gasteiger partial charge in [0, 0.05) is 26.1 Å². The van der Waals surface area contributed by atoms with Gasteiger partial charge in [0.1, 0.15) is 6.04 Å². The first-order valence-electron chi connectivity index (χ1n) is 7.01. The van der Waals surface area contributed by atoms with E-state index in [0.717, 1.165) is 19.4 Å². The number of morpholine rings is 1. The summed E-state index contributed by atoms with van der Waals surface area (Å²) in [6.45, 7) is 3.85. The minimum absolute atomic E-state index is 0. The Bertz CT molecular complexity index is 334. The van der Waals surface area contributed by atoms with Crippen LogP contribution in [0.3, 0.4) is 0 Å². The Hall–Kier alpha value is -0.850. The summed E-state index contributed by atoms with van der Waals surface area (Å²) >= 11 is 0. The van der Waals surface area contributed by atoms with Crippen LogP contribution in [0, 0.1) is 0 Å². The first-order valence-corrected chi connectivity index (χ1v) is 7.01. The van der Waals surface area contributed by atoms with Crippen molar-refractivity contribution in [2.24, 2.45) is 0 Å². The van der Waals surface area contributed by atoms with Crippen molar-refractivity contribution in [1.82, 2.24) is 9.80 Å². The van der Waals surface area contributed by atoms with Gasteiger partial charge in [-0.25, -0.2) is 0 Å². The van der Waals surface area contributed by atoms with E-state index in [0.29, 0.717) is 45.7 Å². The molecular weight excluding hydrogens is 284 g/mol. The molecule has 116 valence electrons. The van der Waals surface area contributed by atoms with E-state index >= 15 is 0 Å². The highest BCUT2D eigenvalue weighted by Gasteiger charge is 2.29. The number of amides is 1. The molecule has 7 heteroatoms. The number of aliphatic carboxylic acids is 1. The number of halogens is 1. The topological polar surface area (TPSA) is 70.1 Å². The standard InChI is InChI=1S/C13H22N2O4.ClH/c16-12(15-7-9-19-10-8-15)4-6-14-5-2-1-3-11(14)13(17)18;/h11H,1-10H2,(H,17,18);1H. The number of carboxylic acids is 1. The molecule has 0 aromatic carbocycles. The number of ether oxygens (including phenoxy) is 1. The van der Waals surface area contributed by atoms with E-state index in [2.05, 4.69) is 0 Å². The third-order valence-electron chi connectivity index (χ3n) is 3.88. The zero-order chi connectivity index (χ0) is 13.7. The van der Waals surface area contributed by atoms with Gasteiger partial charge in [0.2, 0.25) is 5.91 Å². The molecule has 0 bridgehead atoms. The smallest absolute Gasteiger partial charge is 0.320 e. The van der Waals surface area contributed by atoms with Crippen LogP contribution in [0.15, 0.2) is 0 Å². The summed E-state index contributed by atoms with van der Waals surface area (Å²) in [5, 5.41) is 9.17. The molecule has 0 aromatic heterocycles. The summed E-state index contributed by atoms with van der Waals surface area (Å²) in [6, 6.07) is -0.411. The van der Waals surface area contributed by atoms with Crippen LogP contribution in [0.1, 0.15) is 25.7 Å². The maximum atomic E-state index is 12.0. The molecule has 2 fully saturated rings. The highest BCUT2D eigenvalue weighted by atomic mass is 35.5. The minimum Gasteiger partial charge on any atom is -0.480 e. The van der Waals surface area contributed by atoms with E-state index < -0.39 is 12.0 Å². The van der Waals surface area contributed by atoms with Crippen LogP contribution in [-0.4, -0.2) is 72.2 Å². The Balaban J connectivity index is 0.00000200. The quantitative estimate of drug-likeness (QED) is 0.823. The van der Waals surface area contributed by atoms with E-state index in [-0.39, 0.29) is 18.3 Å². The van der Waals surface area contributed by atoms with Crippen molar-refractivity contribution < 1.29 is 19.4 Å². The van der Waals surface area contributed by atoms with E-state index in [4.69, 9.17) is 9.84 Å². The summed E-state index contributed by atoms with van der Waals surface area (Å²) in [7, 11) is 0. The van der Waals surface area contributed by atoms with Crippen LogP contribution >= 0.6 is 12.4 Å². The van der Waals surface area contributed by atoms with Gasteiger partial charge in [0.15, 0.2) is 0 Å². The molecule has 6 nitrogen and oxygen atoms in total. The summed E-state index contributed by atoms with van der Waals surface area (Å²) < 4.78 is 5.21. The van der Waals surface area contributed by atoms with E-state index in [1.807, 2.05) is 9.80 Å². The van der Waals surface area contributed by atoms with Crippen molar-refractivity contribution in [3.05, 3.63) is 0 Å². The number of hydrogen-bond acceptors (Lipinski definition) is 4. The second-order valence-electron chi connectivity index (χ2n) is 5.13. The molecule has 0 saturated carbocycles. The molecule has 1 N–H and O–H groups in total. The summed E-state index contributed by atoms with van der Waals surface area (Å²) in [4.78, 5) is 26.9. The lowest BCUT2D eigenvalue weighted by Gasteiger charge is -2.33. The molecule has 1 unspecified atom stereocenters. The highest BCUT2D eigenvalue weighted by molar-refractivity contribution is 5.85. The number of likely N-dealkylation sites (tertiary alicyclic amines) is 1. The molecule has 2 aliphatic rings. The molecule has 1 atom stereocenters. The molecular formula is C13H23ClN2O4. The summed E-state index contributed by atoms with van der Waals surface area (Å²) in [5.41, 5.74) is 0. The third-order valence-corrected chi connectivity index (χ3v) is 3.88. The second-order valence-corrected chi connectivity index (χ2v) is 5.13. The average molecular weight is 307 g/mol. The Labute approximate surface area is 125 Å². The second kappa shape index (κ2) is 8.44. The summed E-state index contributed by atoms with van der Waals surface area (Å²) in [6.07, 6.45) is 3.09. The van der Waals surface area contributed by atoms with Crippen LogP contribution in [0.4, 0.5) is 0 Å². The van der Waals surface area contributed by atoms with Gasteiger partial charge in [-0.1, -0.05) is 6.42 Å². The molecule has 2 saturated heterocycles. The lowest BCUT2D eigenvalue weighted by atomic mass is 10.0. The first kappa shape index (κ1) is 17.2. The largest absolute Gasteiger partial charge is 0.480 e. The SMILES string of the molecule is Cl.O=C(O)C1CCCCN1CCC(=O)N1CCOCC1. The Kier molecular flexibility index (Phi) is 7.26. The van der Waals surface area contributed by atoms with Crippen LogP contribution in [0.25, 0.3) is 0 Å². The van der Waals surface area contributed by atoms with Gasteiger partial charge in [-0.05, 0) is 19.4 Å². The van der Waals surface area contributed by atoms with Crippen LogP contribution in [0.5, 0.6) is 0 Å². The molecule has 1 amide bonds. The van der Waals surface area contributed by atoms with Gasteiger partial charge in [0.05, 0.1) is 13.2 Å². The number of carboxylic acid groups (broad SMARTS) is 1. The minimum atomic E-state index is -0.765. The van der Waals surface area contributed by atoms with Crippen molar-refractivity contribution in [1.29, 1.82) is 0 Å². The third kappa shape index (κ3) is 4.61. The normalized spacial score (nSPS) is 24.0. The van der Waals surface area contributed by atoms with Gasteiger partial charge in [0.25, 0.3) is 0 Å². The zero-order valence-electron chi connectivity index (χ0n) is 11.6. The van der Waals surface area contributed by atoms with Gasteiger partial charge >= 0.3 is 5.97 Å². The van der Waals surface area contributed by atoms with Gasteiger partial charge < -0.3 is 14.7 Å². The van der Waals surface area contributed by atoms with E-state index in [9.17, 15) is 9.59 Å². The van der Waals surface area contributed by atoms with Crippen molar-refractivity contribution >= 4 is 24.3 Å². The molecule has 0 aliphatic carbocycles. The maximum Gasteiger partial charge on any atom is 0.320 e. The molecule has 0 aromatic rings. The molecule has 2 heterocycles. The molecule has 2 aliphatic heterocycles. The van der Waals surface area contributed by atoms with Gasteiger partial charge in [-0.3, -0.25) is 14.5 Å². The molecule has 20 heavy (non-hydrogen) atoms. The van der Waals surface area contributed by atoms with E-state index in [1.165, 1.54) is 0 Å². The molecule has 0 radical (unpaired) electrons. The first-order chi connectivity index (χ1) is 9.18. The number of carbonyl (C=O) groups is 2. The van der Waals surface area contributed by atoms with Crippen LogP contribution in [0.2, 0.25) is 0 Å². The number of piperidine rings is 1. The fourth-order valence-corrected chi connectivity index (χ4v) is 2.75. The Morgan fingerprint density at radius 3 is 2.50 bits per heavy atom. The van der Waals surface area contributed by atoms with Crippen LogP contribution in [-0.2, 0) is 14.3 Å². The molecule has 0 spiro atoms. The van der Waals surface area contributed by atoms with Crippen molar-refractivity contribution in [2.45, 2.75) is 31.7 Å². The maximum absolute atomic E-state index is 12.0. The lowest BCUT2D eigenvalue weighted by Crippen LogP contribution is -2.47. The monoisotopic (exact) mass is 306 g/mol. The predicted molar refractivity (Wildman–Crippen MR) is 76.1 cm³/mol. The highest BCUT2D eigenvalue weighted by Crippen LogP contribution is 2.17. The Morgan fingerprint density at radius 1 is 1.15 bits per heavy atom. The van der Waals surface area contributed by atoms with Crippen molar-refractivity contribution in [3.63, 3.8) is 0 Å².